The normalized spacial score (nSPS) is 20.6. The Hall–Kier alpha value is -1.51. The SMILES string of the molecule is c1ccc(CNC2=NCCN2C2CCCCCC2)cc1. The molecule has 1 aromatic carbocycles. The molecule has 1 N–H and O–H groups in total. The van der Waals surface area contributed by atoms with Gasteiger partial charge in [-0.1, -0.05) is 56.0 Å². The monoisotopic (exact) mass is 271 g/mol. The van der Waals surface area contributed by atoms with Gasteiger partial charge in [0.1, 0.15) is 0 Å². The average molecular weight is 271 g/mol. The molecular formula is C17H25N3. The molecule has 2 aliphatic rings. The molecule has 1 aliphatic heterocycles. The Labute approximate surface area is 122 Å². The number of aliphatic imine (C=N–C) groups is 1. The zero-order valence-corrected chi connectivity index (χ0v) is 12.2. The van der Waals surface area contributed by atoms with E-state index in [4.69, 9.17) is 0 Å². The van der Waals surface area contributed by atoms with E-state index >= 15 is 0 Å². The molecule has 1 heterocycles. The molecule has 0 unspecified atom stereocenters. The molecular weight excluding hydrogens is 246 g/mol. The summed E-state index contributed by atoms with van der Waals surface area (Å²) in [5.74, 6) is 1.13. The summed E-state index contributed by atoms with van der Waals surface area (Å²) in [5, 5.41) is 3.54. The van der Waals surface area contributed by atoms with Crippen molar-refractivity contribution in [1.29, 1.82) is 0 Å². The zero-order chi connectivity index (χ0) is 13.6. The van der Waals surface area contributed by atoms with E-state index in [1.165, 1.54) is 44.1 Å². The summed E-state index contributed by atoms with van der Waals surface area (Å²) in [4.78, 5) is 7.19. The lowest BCUT2D eigenvalue weighted by atomic mass is 10.1. The number of benzene rings is 1. The third-order valence-electron chi connectivity index (χ3n) is 4.43. The van der Waals surface area contributed by atoms with Crippen molar-refractivity contribution in [3.63, 3.8) is 0 Å². The fourth-order valence-electron chi connectivity index (χ4n) is 3.32. The van der Waals surface area contributed by atoms with Gasteiger partial charge in [-0.15, -0.1) is 0 Å². The van der Waals surface area contributed by atoms with Gasteiger partial charge in [-0.2, -0.15) is 0 Å². The van der Waals surface area contributed by atoms with Gasteiger partial charge < -0.3 is 10.2 Å². The van der Waals surface area contributed by atoms with Crippen LogP contribution >= 0.6 is 0 Å². The Morgan fingerprint density at radius 2 is 1.80 bits per heavy atom. The number of guanidine groups is 1. The van der Waals surface area contributed by atoms with Crippen molar-refractivity contribution in [3.05, 3.63) is 35.9 Å². The van der Waals surface area contributed by atoms with E-state index in [9.17, 15) is 0 Å². The molecule has 1 fully saturated rings. The summed E-state index contributed by atoms with van der Waals surface area (Å²) in [6.07, 6.45) is 8.26. The zero-order valence-electron chi connectivity index (χ0n) is 12.2. The summed E-state index contributed by atoms with van der Waals surface area (Å²) in [7, 11) is 0. The van der Waals surface area contributed by atoms with Crippen LogP contribution in [0.3, 0.4) is 0 Å². The predicted octanol–water partition coefficient (Wildman–Crippen LogP) is 3.17. The Morgan fingerprint density at radius 3 is 2.55 bits per heavy atom. The van der Waals surface area contributed by atoms with Crippen LogP contribution in [0.15, 0.2) is 35.3 Å². The van der Waals surface area contributed by atoms with Gasteiger partial charge in [0.2, 0.25) is 0 Å². The van der Waals surface area contributed by atoms with Crippen LogP contribution in [0.1, 0.15) is 44.1 Å². The molecule has 0 aromatic heterocycles. The standard InChI is InChI=1S/C17H25N3/c1-2-7-11-16(10-6-1)20-13-12-18-17(20)19-14-15-8-4-3-5-9-15/h3-5,8-9,16H,1-2,6-7,10-14H2,(H,18,19). The minimum absolute atomic E-state index is 0.710. The molecule has 0 amide bonds. The summed E-state index contributed by atoms with van der Waals surface area (Å²) in [5.41, 5.74) is 1.32. The lowest BCUT2D eigenvalue weighted by Gasteiger charge is -2.30. The minimum Gasteiger partial charge on any atom is -0.352 e. The molecule has 3 rings (SSSR count). The van der Waals surface area contributed by atoms with E-state index in [2.05, 4.69) is 45.5 Å². The number of nitrogens with zero attached hydrogens (tertiary/aromatic N) is 2. The number of rotatable bonds is 3. The smallest absolute Gasteiger partial charge is 0.194 e. The van der Waals surface area contributed by atoms with Crippen molar-refractivity contribution in [2.24, 2.45) is 4.99 Å². The fourth-order valence-corrected chi connectivity index (χ4v) is 3.32. The van der Waals surface area contributed by atoms with Crippen molar-refractivity contribution in [1.82, 2.24) is 10.2 Å². The molecule has 0 atom stereocenters. The first-order valence-corrected chi connectivity index (χ1v) is 8.02. The van der Waals surface area contributed by atoms with Crippen LogP contribution in [0.5, 0.6) is 0 Å². The summed E-state index contributed by atoms with van der Waals surface area (Å²) in [6, 6.07) is 11.3. The van der Waals surface area contributed by atoms with Crippen molar-refractivity contribution < 1.29 is 0 Å². The average Bonchev–Trinajstić information content (AvgIpc) is 2.79. The minimum atomic E-state index is 0.710. The van der Waals surface area contributed by atoms with Crippen LogP contribution in [-0.2, 0) is 6.54 Å². The fraction of sp³-hybridized carbons (Fsp3) is 0.588. The Morgan fingerprint density at radius 1 is 1.05 bits per heavy atom. The van der Waals surface area contributed by atoms with Gasteiger partial charge in [0.15, 0.2) is 5.96 Å². The number of hydrogen-bond donors (Lipinski definition) is 1. The molecule has 3 heteroatoms. The van der Waals surface area contributed by atoms with Gasteiger partial charge in [0.05, 0.1) is 6.54 Å². The molecule has 1 aliphatic carbocycles. The molecule has 1 aromatic rings. The van der Waals surface area contributed by atoms with Crippen LogP contribution in [0.4, 0.5) is 0 Å². The van der Waals surface area contributed by atoms with Crippen molar-refractivity contribution in [3.8, 4) is 0 Å². The quantitative estimate of drug-likeness (QED) is 0.855. The topological polar surface area (TPSA) is 27.6 Å². The lowest BCUT2D eigenvalue weighted by Crippen LogP contribution is -2.44. The van der Waals surface area contributed by atoms with Crippen LogP contribution in [0, 0.1) is 0 Å². The van der Waals surface area contributed by atoms with Gasteiger partial charge >= 0.3 is 0 Å². The Balaban J connectivity index is 1.57. The predicted molar refractivity (Wildman–Crippen MR) is 83.8 cm³/mol. The maximum absolute atomic E-state index is 4.67. The third kappa shape index (κ3) is 3.33. The largest absolute Gasteiger partial charge is 0.352 e. The van der Waals surface area contributed by atoms with Gasteiger partial charge in [-0.25, -0.2) is 0 Å². The highest BCUT2D eigenvalue weighted by atomic mass is 15.3. The van der Waals surface area contributed by atoms with E-state index in [0.717, 1.165) is 25.6 Å². The van der Waals surface area contributed by atoms with E-state index < -0.39 is 0 Å². The van der Waals surface area contributed by atoms with Crippen molar-refractivity contribution in [2.75, 3.05) is 13.1 Å². The molecule has 0 bridgehead atoms. The third-order valence-corrected chi connectivity index (χ3v) is 4.43. The highest BCUT2D eigenvalue weighted by Gasteiger charge is 2.25. The second-order valence-electron chi connectivity index (χ2n) is 5.88. The van der Waals surface area contributed by atoms with Crippen LogP contribution in [0.25, 0.3) is 0 Å². The van der Waals surface area contributed by atoms with E-state index in [0.29, 0.717) is 6.04 Å². The molecule has 3 nitrogen and oxygen atoms in total. The highest BCUT2D eigenvalue weighted by Crippen LogP contribution is 2.23. The maximum atomic E-state index is 4.67. The summed E-state index contributed by atoms with van der Waals surface area (Å²) in [6.45, 7) is 2.93. The first-order valence-electron chi connectivity index (χ1n) is 8.02. The molecule has 0 spiro atoms. The van der Waals surface area contributed by atoms with E-state index in [1.807, 2.05) is 0 Å². The lowest BCUT2D eigenvalue weighted by molar-refractivity contribution is 0.297. The van der Waals surface area contributed by atoms with Gasteiger partial charge in [-0.05, 0) is 18.4 Å². The van der Waals surface area contributed by atoms with Crippen molar-refractivity contribution >= 4 is 5.96 Å². The number of nitrogens with one attached hydrogen (secondary N) is 1. The molecule has 0 radical (unpaired) electrons. The second-order valence-corrected chi connectivity index (χ2v) is 5.88. The summed E-state index contributed by atoms with van der Waals surface area (Å²) >= 11 is 0. The highest BCUT2D eigenvalue weighted by molar-refractivity contribution is 5.81. The Kier molecular flexibility index (Phi) is 4.57. The molecule has 0 saturated heterocycles. The first kappa shape index (κ1) is 13.5. The second kappa shape index (κ2) is 6.78. The molecule has 1 saturated carbocycles. The first-order chi connectivity index (χ1) is 9.93. The summed E-state index contributed by atoms with van der Waals surface area (Å²) < 4.78 is 0. The number of hydrogen-bond acceptors (Lipinski definition) is 3. The van der Waals surface area contributed by atoms with Gasteiger partial charge in [-0.3, -0.25) is 4.99 Å². The van der Waals surface area contributed by atoms with E-state index in [1.54, 1.807) is 0 Å². The van der Waals surface area contributed by atoms with Gasteiger partial charge in [0, 0.05) is 19.1 Å². The van der Waals surface area contributed by atoms with Crippen LogP contribution < -0.4 is 5.32 Å². The maximum Gasteiger partial charge on any atom is 0.194 e. The molecule has 108 valence electrons. The van der Waals surface area contributed by atoms with Crippen molar-refractivity contribution in [2.45, 2.75) is 51.1 Å². The van der Waals surface area contributed by atoms with Crippen LogP contribution in [0.2, 0.25) is 0 Å². The Bertz CT molecular complexity index is 433. The molecule has 20 heavy (non-hydrogen) atoms. The van der Waals surface area contributed by atoms with E-state index in [-0.39, 0.29) is 0 Å². The van der Waals surface area contributed by atoms with Gasteiger partial charge in [0.25, 0.3) is 0 Å². The van der Waals surface area contributed by atoms with Crippen LogP contribution in [-0.4, -0.2) is 30.0 Å².